The van der Waals surface area contributed by atoms with Gasteiger partial charge in [0.1, 0.15) is 17.3 Å². The van der Waals surface area contributed by atoms with Gasteiger partial charge in [0.25, 0.3) is 0 Å². The summed E-state index contributed by atoms with van der Waals surface area (Å²) in [6.07, 6.45) is 9.73. The van der Waals surface area contributed by atoms with Crippen molar-refractivity contribution in [2.24, 2.45) is 5.92 Å². The Kier molecular flexibility index (Phi) is 6.22. The number of benzene rings is 2. The molecule has 6 aromatic rings. The fourth-order valence-corrected chi connectivity index (χ4v) is 5.66. The van der Waals surface area contributed by atoms with Crippen LogP contribution in [0.5, 0.6) is 0 Å². The summed E-state index contributed by atoms with van der Waals surface area (Å²) in [4.78, 5) is 29.1. The molecule has 0 unspecified atom stereocenters. The average Bonchev–Trinajstić information content (AvgIpc) is 3.63. The number of amides is 1. The molecule has 0 bridgehead atoms. The highest BCUT2D eigenvalue weighted by Gasteiger charge is 2.23. The Bertz CT molecular complexity index is 1920. The van der Waals surface area contributed by atoms with Gasteiger partial charge >= 0.3 is 0 Å². The van der Waals surface area contributed by atoms with E-state index in [-0.39, 0.29) is 28.7 Å². The lowest BCUT2D eigenvalue weighted by molar-refractivity contribution is -0.120. The highest BCUT2D eigenvalue weighted by molar-refractivity contribution is 5.98. The molecule has 3 N–H and O–H groups in total. The van der Waals surface area contributed by atoms with Gasteiger partial charge in [0.05, 0.1) is 28.3 Å². The predicted molar refractivity (Wildman–Crippen MR) is 153 cm³/mol. The molecule has 2 aromatic carbocycles. The van der Waals surface area contributed by atoms with E-state index in [0.29, 0.717) is 50.4 Å². The Labute approximate surface area is 233 Å². The fraction of sp³-hybridized carbons (Fsp3) is 0.194. The van der Waals surface area contributed by atoms with E-state index in [1.165, 1.54) is 6.07 Å². The number of nitrogens with one attached hydrogen (secondary N) is 3. The third kappa shape index (κ3) is 4.51. The van der Waals surface area contributed by atoms with E-state index in [2.05, 4.69) is 35.5 Å². The molecule has 0 saturated heterocycles. The molecule has 8 nitrogen and oxygen atoms in total. The maximum atomic E-state index is 16.2. The van der Waals surface area contributed by atoms with E-state index in [9.17, 15) is 9.18 Å². The van der Waals surface area contributed by atoms with Gasteiger partial charge < -0.3 is 10.3 Å². The molecule has 7 rings (SSSR count). The Balaban J connectivity index is 1.27. The summed E-state index contributed by atoms with van der Waals surface area (Å²) in [7, 11) is 0. The lowest BCUT2D eigenvalue weighted by Gasteiger charge is -2.20. The van der Waals surface area contributed by atoms with Crippen molar-refractivity contribution < 1.29 is 13.6 Å². The molecular formula is C31H25F2N7O. The largest absolute Gasteiger partial charge is 0.335 e. The van der Waals surface area contributed by atoms with Gasteiger partial charge in [-0.3, -0.25) is 14.9 Å². The number of rotatable bonds is 5. The van der Waals surface area contributed by atoms with Crippen LogP contribution in [0.4, 0.5) is 14.5 Å². The van der Waals surface area contributed by atoms with Crippen LogP contribution in [0.15, 0.2) is 67.1 Å². The lowest BCUT2D eigenvalue weighted by Crippen LogP contribution is -2.24. The lowest BCUT2D eigenvalue weighted by atomic mass is 9.88. The highest BCUT2D eigenvalue weighted by Crippen LogP contribution is 2.36. The van der Waals surface area contributed by atoms with Crippen LogP contribution >= 0.6 is 0 Å². The quantitative estimate of drug-likeness (QED) is 0.214. The number of anilines is 1. The summed E-state index contributed by atoms with van der Waals surface area (Å²) in [6, 6.07) is 13.3. The van der Waals surface area contributed by atoms with Crippen LogP contribution < -0.4 is 5.32 Å². The monoisotopic (exact) mass is 549 g/mol. The number of pyridine rings is 2. The molecule has 4 aromatic heterocycles. The van der Waals surface area contributed by atoms with Crippen molar-refractivity contribution in [2.45, 2.75) is 32.1 Å². The topological polar surface area (TPSA) is 112 Å². The number of imidazole rings is 1. The molecule has 204 valence electrons. The molecule has 0 radical (unpaired) electrons. The van der Waals surface area contributed by atoms with E-state index in [4.69, 9.17) is 0 Å². The first kappa shape index (κ1) is 25.0. The number of hydrogen-bond donors (Lipinski definition) is 3. The first-order valence-corrected chi connectivity index (χ1v) is 13.6. The van der Waals surface area contributed by atoms with Gasteiger partial charge in [-0.2, -0.15) is 5.10 Å². The van der Waals surface area contributed by atoms with Crippen molar-refractivity contribution in [1.82, 2.24) is 30.1 Å². The summed E-state index contributed by atoms with van der Waals surface area (Å²) in [5, 5.41) is 10.4. The van der Waals surface area contributed by atoms with Gasteiger partial charge in [0.15, 0.2) is 11.5 Å². The van der Waals surface area contributed by atoms with E-state index >= 15 is 4.39 Å². The smallest absolute Gasteiger partial charge is 0.227 e. The molecule has 1 aliphatic rings. The standard InChI is InChI=1S/C31H25F2N7O/c32-23-9-5-4-8-21(23)22-12-13-35-29-27(22)37-30(38-29)28-25-24(39-40-28)11-10-20(26(25)33)18-14-19(16-34-15-18)36-31(41)17-6-2-1-3-7-17/h4-5,8-17H,1-3,6-7H2,(H,36,41)(H,39,40)(H,35,37,38). The minimum atomic E-state index is -0.508. The number of halogens is 2. The molecule has 0 spiro atoms. The third-order valence-corrected chi connectivity index (χ3v) is 7.74. The molecule has 4 heterocycles. The number of hydrogen-bond acceptors (Lipinski definition) is 5. The molecule has 41 heavy (non-hydrogen) atoms. The summed E-state index contributed by atoms with van der Waals surface area (Å²) < 4.78 is 30.8. The minimum absolute atomic E-state index is 0.00817. The normalized spacial score (nSPS) is 14.1. The van der Waals surface area contributed by atoms with Crippen molar-refractivity contribution in [3.05, 3.63) is 78.8 Å². The Hall–Kier alpha value is -4.99. The molecule has 0 aliphatic heterocycles. The van der Waals surface area contributed by atoms with Crippen LogP contribution in [0.25, 0.3) is 55.8 Å². The van der Waals surface area contributed by atoms with Crippen LogP contribution in [0.1, 0.15) is 32.1 Å². The third-order valence-electron chi connectivity index (χ3n) is 7.74. The Morgan fingerprint density at radius 3 is 2.66 bits per heavy atom. The first-order chi connectivity index (χ1) is 20.1. The van der Waals surface area contributed by atoms with Gasteiger partial charge in [-0.1, -0.05) is 37.5 Å². The van der Waals surface area contributed by atoms with Gasteiger partial charge in [0, 0.05) is 40.6 Å². The number of aromatic amines is 2. The van der Waals surface area contributed by atoms with Gasteiger partial charge in [-0.05, 0) is 43.2 Å². The summed E-state index contributed by atoms with van der Waals surface area (Å²) in [5.41, 5.74) is 3.97. The maximum Gasteiger partial charge on any atom is 0.227 e. The van der Waals surface area contributed by atoms with Crippen LogP contribution in [0, 0.1) is 17.6 Å². The van der Waals surface area contributed by atoms with Crippen molar-refractivity contribution in [2.75, 3.05) is 5.32 Å². The molecule has 1 fully saturated rings. The highest BCUT2D eigenvalue weighted by atomic mass is 19.1. The van der Waals surface area contributed by atoms with Gasteiger partial charge in [0.2, 0.25) is 5.91 Å². The second kappa shape index (κ2) is 10.2. The summed E-state index contributed by atoms with van der Waals surface area (Å²) in [5.74, 6) is -0.615. The van der Waals surface area contributed by atoms with Crippen LogP contribution in [0.3, 0.4) is 0 Å². The molecule has 1 amide bonds. The first-order valence-electron chi connectivity index (χ1n) is 13.6. The molecule has 1 aliphatic carbocycles. The summed E-state index contributed by atoms with van der Waals surface area (Å²) >= 11 is 0. The predicted octanol–water partition coefficient (Wildman–Crippen LogP) is 7.03. The van der Waals surface area contributed by atoms with Crippen LogP contribution in [0.2, 0.25) is 0 Å². The van der Waals surface area contributed by atoms with Crippen molar-refractivity contribution in [3.8, 4) is 33.8 Å². The molecule has 1 saturated carbocycles. The molecule has 0 atom stereocenters. The number of aromatic nitrogens is 6. The van der Waals surface area contributed by atoms with Crippen molar-refractivity contribution >= 4 is 33.7 Å². The number of carbonyl (C=O) groups excluding carboxylic acids is 1. The van der Waals surface area contributed by atoms with E-state index in [1.54, 1.807) is 61.1 Å². The van der Waals surface area contributed by atoms with Gasteiger partial charge in [-0.25, -0.2) is 18.7 Å². The van der Waals surface area contributed by atoms with Crippen molar-refractivity contribution in [3.63, 3.8) is 0 Å². The molecular weight excluding hydrogens is 524 g/mol. The van der Waals surface area contributed by atoms with Gasteiger partial charge in [-0.15, -0.1) is 0 Å². The number of carbonyl (C=O) groups is 1. The number of nitrogens with zero attached hydrogens (tertiary/aromatic N) is 4. The Morgan fingerprint density at radius 1 is 0.951 bits per heavy atom. The van der Waals surface area contributed by atoms with E-state index in [1.807, 2.05) is 0 Å². The SMILES string of the molecule is O=C(Nc1cncc(-c2ccc3[nH]nc(-c4nc5nccc(-c6ccccc6F)c5[nH]4)c3c2F)c1)C1CCCCC1. The zero-order valence-electron chi connectivity index (χ0n) is 21.9. The van der Waals surface area contributed by atoms with Crippen molar-refractivity contribution in [1.29, 1.82) is 0 Å². The Morgan fingerprint density at radius 2 is 1.80 bits per heavy atom. The van der Waals surface area contributed by atoms with E-state index in [0.717, 1.165) is 32.1 Å². The second-order valence-corrected chi connectivity index (χ2v) is 10.3. The second-order valence-electron chi connectivity index (χ2n) is 10.3. The van der Waals surface area contributed by atoms with E-state index < -0.39 is 5.82 Å². The zero-order chi connectivity index (χ0) is 27.9. The molecule has 10 heteroatoms. The maximum absolute atomic E-state index is 16.2. The van der Waals surface area contributed by atoms with Crippen LogP contribution in [-0.2, 0) is 4.79 Å². The number of fused-ring (bicyclic) bond motifs is 2. The summed E-state index contributed by atoms with van der Waals surface area (Å²) in [6.45, 7) is 0. The minimum Gasteiger partial charge on any atom is -0.335 e. The fourth-order valence-electron chi connectivity index (χ4n) is 5.66. The average molecular weight is 550 g/mol. The van der Waals surface area contributed by atoms with Crippen LogP contribution in [-0.4, -0.2) is 36.0 Å². The number of H-pyrrole nitrogens is 2. The zero-order valence-corrected chi connectivity index (χ0v) is 21.9.